The molecule has 1 rings (SSSR count). The number of hydrogen-bond donors (Lipinski definition) is 1. The molecule has 0 fully saturated rings. The maximum atomic E-state index is 11.5. The number of carbonyl (C=O) groups is 1. The highest BCUT2D eigenvalue weighted by Crippen LogP contribution is 2.24. The average molecular weight is 296 g/mol. The van der Waals surface area contributed by atoms with E-state index in [2.05, 4.69) is 27.2 Å². The van der Waals surface area contributed by atoms with Gasteiger partial charge in [-0.2, -0.15) is 0 Å². The van der Waals surface area contributed by atoms with Crippen molar-refractivity contribution in [2.75, 3.05) is 5.32 Å². The van der Waals surface area contributed by atoms with Crippen LogP contribution in [0.25, 0.3) is 0 Å². The molecule has 0 aliphatic rings. The first kappa shape index (κ1) is 13.6. The molecule has 0 spiro atoms. The van der Waals surface area contributed by atoms with Crippen molar-refractivity contribution in [2.24, 2.45) is 0 Å². The second-order valence-electron chi connectivity index (χ2n) is 4.47. The summed E-state index contributed by atoms with van der Waals surface area (Å²) in [5.41, 5.74) is 0.847. The fraction of sp³-hybridized carbons (Fsp3) is 0.308. The number of rotatable bonds is 1. The maximum Gasteiger partial charge on any atom is 0.412 e. The minimum atomic E-state index is -0.519. The van der Waals surface area contributed by atoms with E-state index in [1.54, 1.807) is 18.2 Å². The Morgan fingerprint density at radius 1 is 1.47 bits per heavy atom. The van der Waals surface area contributed by atoms with E-state index in [-0.39, 0.29) is 0 Å². The summed E-state index contributed by atoms with van der Waals surface area (Å²) in [5, 5.41) is 2.64. The summed E-state index contributed by atoms with van der Waals surface area (Å²) in [6.07, 6.45) is 4.78. The predicted octanol–water partition coefficient (Wildman–Crippen LogP) is 3.78. The van der Waals surface area contributed by atoms with Crippen LogP contribution in [0, 0.1) is 12.3 Å². The van der Waals surface area contributed by atoms with Crippen LogP contribution in [0.1, 0.15) is 26.3 Å². The summed E-state index contributed by atoms with van der Waals surface area (Å²) in [6.45, 7) is 5.43. The molecule has 1 N–H and O–H groups in total. The van der Waals surface area contributed by atoms with Gasteiger partial charge in [0.1, 0.15) is 5.60 Å². The summed E-state index contributed by atoms with van der Waals surface area (Å²) in [7, 11) is 0. The summed E-state index contributed by atoms with van der Waals surface area (Å²) in [5.74, 6) is 2.51. The van der Waals surface area contributed by atoms with Crippen molar-refractivity contribution in [3.05, 3.63) is 28.2 Å². The number of anilines is 1. The lowest BCUT2D eigenvalue weighted by Crippen LogP contribution is -2.27. The zero-order chi connectivity index (χ0) is 13.1. The molecule has 0 atom stereocenters. The molecule has 0 aromatic heterocycles. The van der Waals surface area contributed by atoms with Gasteiger partial charge in [0.15, 0.2) is 0 Å². The van der Waals surface area contributed by atoms with E-state index in [9.17, 15) is 4.79 Å². The molecule has 0 heterocycles. The topological polar surface area (TPSA) is 38.3 Å². The largest absolute Gasteiger partial charge is 0.444 e. The molecule has 0 saturated heterocycles. The lowest BCUT2D eigenvalue weighted by Gasteiger charge is -2.20. The van der Waals surface area contributed by atoms with Gasteiger partial charge in [-0.25, -0.2) is 4.79 Å². The number of terminal acetylenes is 1. The molecular weight excluding hydrogens is 282 g/mol. The molecule has 4 heteroatoms. The third-order valence-electron chi connectivity index (χ3n) is 1.77. The van der Waals surface area contributed by atoms with E-state index in [0.29, 0.717) is 5.69 Å². The standard InChI is InChI=1S/C13H14BrNO2/c1-5-9-6-7-11(10(14)8-9)15-12(16)17-13(2,3)4/h1,6-8H,2-4H3,(H,15,16). The second-order valence-corrected chi connectivity index (χ2v) is 5.32. The highest BCUT2D eigenvalue weighted by molar-refractivity contribution is 9.10. The van der Waals surface area contributed by atoms with Crippen molar-refractivity contribution in [1.82, 2.24) is 0 Å². The van der Waals surface area contributed by atoms with E-state index < -0.39 is 11.7 Å². The van der Waals surface area contributed by atoms with Crippen LogP contribution >= 0.6 is 15.9 Å². The summed E-state index contributed by atoms with van der Waals surface area (Å²) < 4.78 is 5.86. The SMILES string of the molecule is C#Cc1ccc(NC(=O)OC(C)(C)C)c(Br)c1. The molecular formula is C13H14BrNO2. The van der Waals surface area contributed by atoms with Crippen molar-refractivity contribution in [3.63, 3.8) is 0 Å². The van der Waals surface area contributed by atoms with Crippen LogP contribution in [0.2, 0.25) is 0 Å². The van der Waals surface area contributed by atoms with Crippen LogP contribution in [0.15, 0.2) is 22.7 Å². The molecule has 1 amide bonds. The number of amides is 1. The summed E-state index contributed by atoms with van der Waals surface area (Å²) >= 11 is 3.33. The number of halogens is 1. The maximum absolute atomic E-state index is 11.5. The van der Waals surface area contributed by atoms with E-state index >= 15 is 0 Å². The molecule has 0 saturated carbocycles. The minimum absolute atomic E-state index is 0.494. The smallest absolute Gasteiger partial charge is 0.412 e. The van der Waals surface area contributed by atoms with Gasteiger partial charge in [-0.15, -0.1) is 6.42 Å². The van der Waals surface area contributed by atoms with E-state index in [4.69, 9.17) is 11.2 Å². The van der Waals surface area contributed by atoms with Crippen LogP contribution in [0.5, 0.6) is 0 Å². The van der Waals surface area contributed by atoms with Crippen molar-refractivity contribution < 1.29 is 9.53 Å². The number of nitrogens with one attached hydrogen (secondary N) is 1. The molecule has 3 nitrogen and oxygen atoms in total. The van der Waals surface area contributed by atoms with E-state index in [0.717, 1.165) is 10.0 Å². The number of hydrogen-bond acceptors (Lipinski definition) is 2. The first-order chi connectivity index (χ1) is 7.81. The fourth-order valence-corrected chi connectivity index (χ4v) is 1.60. The van der Waals surface area contributed by atoms with Gasteiger partial charge in [0, 0.05) is 10.0 Å². The van der Waals surface area contributed by atoms with Crippen LogP contribution in [-0.4, -0.2) is 11.7 Å². The molecule has 90 valence electrons. The third-order valence-corrected chi connectivity index (χ3v) is 2.43. The van der Waals surface area contributed by atoms with Gasteiger partial charge in [-0.1, -0.05) is 5.92 Å². The molecule has 1 aromatic rings. The zero-order valence-corrected chi connectivity index (χ0v) is 11.6. The van der Waals surface area contributed by atoms with E-state index in [1.165, 1.54) is 0 Å². The normalized spacial score (nSPS) is 10.5. The number of benzene rings is 1. The van der Waals surface area contributed by atoms with Gasteiger partial charge in [-0.3, -0.25) is 5.32 Å². The Morgan fingerprint density at radius 2 is 2.12 bits per heavy atom. The average Bonchev–Trinajstić information content (AvgIpc) is 2.18. The van der Waals surface area contributed by atoms with Crippen molar-refractivity contribution in [1.29, 1.82) is 0 Å². The van der Waals surface area contributed by atoms with Gasteiger partial charge < -0.3 is 4.74 Å². The third kappa shape index (κ3) is 4.49. The lowest BCUT2D eigenvalue weighted by atomic mass is 10.2. The van der Waals surface area contributed by atoms with Crippen LogP contribution in [0.3, 0.4) is 0 Å². The fourth-order valence-electron chi connectivity index (χ4n) is 1.12. The first-order valence-electron chi connectivity index (χ1n) is 5.08. The summed E-state index contributed by atoms with van der Waals surface area (Å²) in [4.78, 5) is 11.5. The quantitative estimate of drug-likeness (QED) is 0.801. The Bertz CT molecular complexity index is 469. The Hall–Kier alpha value is -1.47. The number of carbonyl (C=O) groups excluding carboxylic acids is 1. The molecule has 0 aliphatic heterocycles. The van der Waals surface area contributed by atoms with Gasteiger partial charge in [-0.05, 0) is 54.9 Å². The molecule has 0 aliphatic carbocycles. The van der Waals surface area contributed by atoms with Crippen molar-refractivity contribution in [2.45, 2.75) is 26.4 Å². The minimum Gasteiger partial charge on any atom is -0.444 e. The van der Waals surface area contributed by atoms with Gasteiger partial charge >= 0.3 is 6.09 Å². The Kier molecular flexibility index (Phi) is 4.19. The highest BCUT2D eigenvalue weighted by Gasteiger charge is 2.16. The molecule has 17 heavy (non-hydrogen) atoms. The van der Waals surface area contributed by atoms with Crippen molar-refractivity contribution in [3.8, 4) is 12.3 Å². The van der Waals surface area contributed by atoms with Crippen LogP contribution in [-0.2, 0) is 4.74 Å². The van der Waals surface area contributed by atoms with Gasteiger partial charge in [0.25, 0.3) is 0 Å². The lowest BCUT2D eigenvalue weighted by molar-refractivity contribution is 0.0636. The second kappa shape index (κ2) is 5.24. The molecule has 0 bridgehead atoms. The summed E-state index contributed by atoms with van der Waals surface area (Å²) in [6, 6.07) is 5.23. The Morgan fingerprint density at radius 3 is 2.59 bits per heavy atom. The highest BCUT2D eigenvalue weighted by atomic mass is 79.9. The van der Waals surface area contributed by atoms with Gasteiger partial charge in [0.05, 0.1) is 5.69 Å². The monoisotopic (exact) mass is 295 g/mol. The van der Waals surface area contributed by atoms with Crippen LogP contribution < -0.4 is 5.32 Å². The van der Waals surface area contributed by atoms with Crippen molar-refractivity contribution >= 4 is 27.7 Å². The zero-order valence-electron chi connectivity index (χ0n) is 10.0. The molecule has 0 radical (unpaired) electrons. The van der Waals surface area contributed by atoms with Gasteiger partial charge in [0.2, 0.25) is 0 Å². The van der Waals surface area contributed by atoms with Crippen LogP contribution in [0.4, 0.5) is 10.5 Å². The molecule has 1 aromatic carbocycles. The van der Waals surface area contributed by atoms with E-state index in [1.807, 2.05) is 20.8 Å². The first-order valence-corrected chi connectivity index (χ1v) is 5.87. The predicted molar refractivity (Wildman–Crippen MR) is 71.9 cm³/mol. The Balaban J connectivity index is 2.76. The number of ether oxygens (including phenoxy) is 1. The Labute approximate surface area is 110 Å². The molecule has 0 unspecified atom stereocenters.